The van der Waals surface area contributed by atoms with E-state index in [1.165, 1.54) is 10.7 Å². The zero-order valence-corrected chi connectivity index (χ0v) is 19.4. The fourth-order valence-corrected chi connectivity index (χ4v) is 4.71. The first-order chi connectivity index (χ1) is 17.1. The van der Waals surface area contributed by atoms with Crippen molar-refractivity contribution in [2.45, 2.75) is 25.8 Å². The van der Waals surface area contributed by atoms with E-state index in [2.05, 4.69) is 47.3 Å². The van der Waals surface area contributed by atoms with E-state index >= 15 is 0 Å². The maximum Gasteiger partial charge on any atom is 0.247 e. The van der Waals surface area contributed by atoms with Gasteiger partial charge in [0, 0.05) is 55.0 Å². The molecule has 1 fully saturated rings. The topological polar surface area (TPSA) is 143 Å². The van der Waals surface area contributed by atoms with E-state index < -0.39 is 0 Å². The number of nitrogens with zero attached hydrogens (tertiary/aromatic N) is 8. The van der Waals surface area contributed by atoms with Gasteiger partial charge in [-0.2, -0.15) is 20.0 Å². The molecule has 0 unspecified atom stereocenters. The molecule has 0 bridgehead atoms. The maximum absolute atomic E-state index is 9.79. The molecule has 11 nitrogen and oxygen atoms in total. The monoisotopic (exact) mass is 470 g/mol. The van der Waals surface area contributed by atoms with Crippen molar-refractivity contribution in [1.82, 2.24) is 29.0 Å². The van der Waals surface area contributed by atoms with Gasteiger partial charge in [0.25, 0.3) is 0 Å². The predicted molar refractivity (Wildman–Crippen MR) is 131 cm³/mol. The van der Waals surface area contributed by atoms with Gasteiger partial charge >= 0.3 is 0 Å². The summed E-state index contributed by atoms with van der Waals surface area (Å²) in [4.78, 5) is 11.1. The third-order valence-electron chi connectivity index (χ3n) is 6.40. The lowest BCUT2D eigenvalue weighted by atomic mass is 10.0. The molecule has 4 heterocycles. The lowest BCUT2D eigenvalue weighted by Gasteiger charge is -2.32. The molecule has 5 rings (SSSR count). The predicted octanol–water partition coefficient (Wildman–Crippen LogP) is 2.63. The Bertz CT molecular complexity index is 1450. The van der Waals surface area contributed by atoms with Crippen molar-refractivity contribution in [2.75, 3.05) is 43.4 Å². The number of likely N-dealkylation sites (tertiary alicyclic amines) is 1. The van der Waals surface area contributed by atoms with Gasteiger partial charge in [-0.25, -0.2) is 4.98 Å². The number of imidazole rings is 1. The molecule has 0 aliphatic carbocycles. The van der Waals surface area contributed by atoms with E-state index in [0.717, 1.165) is 42.5 Å². The quantitative estimate of drug-likeness (QED) is 0.371. The number of hydrogen-bond acceptors (Lipinski definition) is 9. The highest BCUT2D eigenvalue weighted by Gasteiger charge is 2.23. The van der Waals surface area contributed by atoms with Crippen molar-refractivity contribution >= 4 is 34.0 Å². The van der Waals surface area contributed by atoms with Crippen LogP contribution in [-0.2, 0) is 0 Å². The van der Waals surface area contributed by atoms with Crippen LogP contribution in [0.5, 0.6) is 0 Å². The molecular weight excluding hydrogens is 444 g/mol. The first-order valence-electron chi connectivity index (χ1n) is 11.7. The first kappa shape index (κ1) is 22.6. The molecule has 1 aliphatic heterocycles. The smallest absolute Gasteiger partial charge is 0.247 e. The van der Waals surface area contributed by atoms with Crippen molar-refractivity contribution in [3.63, 3.8) is 0 Å². The number of nitrogens with one attached hydrogen (secondary N) is 2. The lowest BCUT2D eigenvalue weighted by molar-refractivity contribution is 0.151. The minimum atomic E-state index is 0.177. The number of aliphatic hydroxyl groups excluding tert-OH is 1. The number of β-amino-alcohol motifs (C(OH)–C–C–N with tert-alkyl or cyclic N) is 1. The van der Waals surface area contributed by atoms with Crippen LogP contribution in [0.3, 0.4) is 0 Å². The van der Waals surface area contributed by atoms with E-state index in [4.69, 9.17) is 0 Å². The molecular formula is C24H26N10O. The summed E-state index contributed by atoms with van der Waals surface area (Å²) in [6.45, 7) is 5.34. The Labute approximate surface area is 202 Å². The number of hydrogen-bond donors (Lipinski definition) is 3. The summed E-state index contributed by atoms with van der Waals surface area (Å²) in [6.07, 6.45) is 5.36. The molecule has 11 heteroatoms. The summed E-state index contributed by atoms with van der Waals surface area (Å²) in [5, 5.41) is 40.1. The van der Waals surface area contributed by atoms with Crippen LogP contribution >= 0.6 is 0 Å². The van der Waals surface area contributed by atoms with E-state index in [0.29, 0.717) is 47.8 Å². The number of aliphatic hydroxyl groups is 1. The van der Waals surface area contributed by atoms with Crippen LogP contribution in [0.1, 0.15) is 37.1 Å². The third-order valence-corrected chi connectivity index (χ3v) is 6.40. The summed E-state index contributed by atoms with van der Waals surface area (Å²) in [6, 6.07) is 10.6. The molecule has 0 amide bonds. The summed E-state index contributed by atoms with van der Waals surface area (Å²) >= 11 is 0. The molecule has 4 aromatic rings. The third kappa shape index (κ3) is 4.23. The van der Waals surface area contributed by atoms with E-state index in [9.17, 15) is 15.6 Å². The standard InChI is InChI=1S/C24H26N10O/c1-2-27-22-23-28-14-19(13-26)34(23)31-24(30-22)29-17-3-4-21-20(11-17)16(12-25)15-33(21)18-5-7-32(8-6-18)9-10-35/h3-4,11,14-15,18,35H,2,5-10H2,1H3,(H2,27,29,30,31). The van der Waals surface area contributed by atoms with Gasteiger partial charge in [0.1, 0.15) is 12.1 Å². The first-order valence-corrected chi connectivity index (χ1v) is 11.7. The van der Waals surface area contributed by atoms with Crippen molar-refractivity contribution in [3.05, 3.63) is 41.9 Å². The number of piperidine rings is 1. The zero-order chi connectivity index (χ0) is 24.4. The number of nitriles is 2. The number of rotatable bonds is 7. The molecule has 3 N–H and O–H groups in total. The zero-order valence-electron chi connectivity index (χ0n) is 19.4. The van der Waals surface area contributed by atoms with Gasteiger partial charge in [-0.05, 0) is 38.0 Å². The van der Waals surface area contributed by atoms with Crippen LogP contribution in [0.15, 0.2) is 30.6 Å². The largest absolute Gasteiger partial charge is 0.395 e. The SMILES string of the molecule is CCNc1nc(Nc2ccc3c(c2)c(C#N)cn3C2CCN(CCO)CC2)nn2c(C#N)cnc12. The number of anilines is 3. The Hall–Kier alpha value is -4.19. The Morgan fingerprint density at radius 2 is 2.03 bits per heavy atom. The van der Waals surface area contributed by atoms with Gasteiger partial charge in [0.2, 0.25) is 5.95 Å². The van der Waals surface area contributed by atoms with Gasteiger partial charge in [-0.15, -0.1) is 5.10 Å². The molecule has 0 atom stereocenters. The highest BCUT2D eigenvalue weighted by atomic mass is 16.3. The highest BCUT2D eigenvalue weighted by Crippen LogP contribution is 2.32. The molecule has 0 saturated carbocycles. The number of benzene rings is 1. The maximum atomic E-state index is 9.79. The van der Waals surface area contributed by atoms with E-state index in [-0.39, 0.29) is 6.61 Å². The fourth-order valence-electron chi connectivity index (χ4n) is 4.71. The Morgan fingerprint density at radius 3 is 2.74 bits per heavy atom. The molecule has 1 aliphatic rings. The molecule has 1 aromatic carbocycles. The van der Waals surface area contributed by atoms with Crippen LogP contribution in [0.25, 0.3) is 16.6 Å². The van der Waals surface area contributed by atoms with Crippen LogP contribution in [0.2, 0.25) is 0 Å². The summed E-state index contributed by atoms with van der Waals surface area (Å²) < 4.78 is 3.68. The second kappa shape index (κ2) is 9.58. The highest BCUT2D eigenvalue weighted by molar-refractivity contribution is 5.90. The van der Waals surface area contributed by atoms with Crippen LogP contribution < -0.4 is 10.6 Å². The molecule has 0 spiro atoms. The molecule has 3 aromatic heterocycles. The van der Waals surface area contributed by atoms with Crippen LogP contribution in [0.4, 0.5) is 17.5 Å². The van der Waals surface area contributed by atoms with Crippen molar-refractivity contribution in [3.8, 4) is 12.1 Å². The van der Waals surface area contributed by atoms with Crippen molar-refractivity contribution in [2.24, 2.45) is 0 Å². The minimum absolute atomic E-state index is 0.177. The molecule has 178 valence electrons. The fraction of sp³-hybridized carbons (Fsp3) is 0.375. The van der Waals surface area contributed by atoms with Crippen molar-refractivity contribution in [1.29, 1.82) is 10.5 Å². The van der Waals surface area contributed by atoms with E-state index in [1.807, 2.05) is 31.3 Å². The average Bonchev–Trinajstić information content (AvgIpc) is 3.46. The average molecular weight is 471 g/mol. The summed E-state index contributed by atoms with van der Waals surface area (Å²) in [7, 11) is 0. The Balaban J connectivity index is 1.46. The molecule has 35 heavy (non-hydrogen) atoms. The van der Waals surface area contributed by atoms with Crippen LogP contribution in [0, 0.1) is 22.7 Å². The van der Waals surface area contributed by atoms with Crippen molar-refractivity contribution < 1.29 is 5.11 Å². The second-order valence-corrected chi connectivity index (χ2v) is 8.52. The lowest BCUT2D eigenvalue weighted by Crippen LogP contribution is -2.36. The Morgan fingerprint density at radius 1 is 1.20 bits per heavy atom. The normalized spacial score (nSPS) is 14.7. The number of aromatic nitrogens is 5. The van der Waals surface area contributed by atoms with E-state index in [1.54, 1.807) is 0 Å². The summed E-state index contributed by atoms with van der Waals surface area (Å²) in [5.74, 6) is 0.848. The van der Waals surface area contributed by atoms with Gasteiger partial charge in [-0.3, -0.25) is 0 Å². The van der Waals surface area contributed by atoms with Gasteiger partial charge < -0.3 is 25.2 Å². The summed E-state index contributed by atoms with van der Waals surface area (Å²) in [5.41, 5.74) is 3.17. The second-order valence-electron chi connectivity index (χ2n) is 8.52. The minimum Gasteiger partial charge on any atom is -0.395 e. The van der Waals surface area contributed by atoms with Gasteiger partial charge in [0.15, 0.2) is 17.2 Å². The molecule has 1 saturated heterocycles. The van der Waals surface area contributed by atoms with Gasteiger partial charge in [0.05, 0.1) is 18.4 Å². The van der Waals surface area contributed by atoms with Crippen LogP contribution in [-0.4, -0.2) is 66.9 Å². The van der Waals surface area contributed by atoms with Gasteiger partial charge in [-0.1, -0.05) is 0 Å². The Kier molecular flexibility index (Phi) is 6.19. The number of fused-ring (bicyclic) bond motifs is 2. The molecule has 0 radical (unpaired) electrons.